The van der Waals surface area contributed by atoms with E-state index in [0.717, 1.165) is 31.2 Å². The van der Waals surface area contributed by atoms with E-state index in [9.17, 15) is 14.0 Å². The fourth-order valence-electron chi connectivity index (χ4n) is 2.76. The molecule has 2 amide bonds. The van der Waals surface area contributed by atoms with E-state index < -0.39 is 0 Å². The van der Waals surface area contributed by atoms with Crippen LogP contribution in [0.5, 0.6) is 0 Å². The number of carbonyl (C=O) groups is 2. The monoisotopic (exact) mass is 409 g/mol. The SMILES string of the molecule is O=C1S/C(=C\c2ccc(F)cc2)C(=O)N1CCNC(=S)NC[C@@H]1CCCO1. The van der Waals surface area contributed by atoms with Crippen molar-refractivity contribution in [1.29, 1.82) is 0 Å². The molecular formula is C18H20FN3O3S2. The van der Waals surface area contributed by atoms with E-state index in [-0.39, 0.29) is 29.6 Å². The fraction of sp³-hybridized carbons (Fsp3) is 0.389. The first-order valence-electron chi connectivity index (χ1n) is 8.67. The van der Waals surface area contributed by atoms with Crippen molar-refractivity contribution in [2.75, 3.05) is 26.2 Å². The van der Waals surface area contributed by atoms with Crippen LogP contribution in [0.4, 0.5) is 9.18 Å². The summed E-state index contributed by atoms with van der Waals surface area (Å²) in [6, 6.07) is 5.74. The quantitative estimate of drug-likeness (QED) is 0.553. The third-order valence-electron chi connectivity index (χ3n) is 4.18. The standard InChI is InChI=1S/C18H20FN3O3S2/c19-13-5-3-12(4-6-13)10-15-16(23)22(18(24)27-15)8-7-20-17(26)21-11-14-2-1-9-25-14/h3-6,10,14H,1-2,7-9,11H2,(H2,20,21,26)/b15-10-/t14-/m0/s1. The Morgan fingerprint density at radius 2 is 2.11 bits per heavy atom. The first kappa shape index (κ1) is 19.8. The summed E-state index contributed by atoms with van der Waals surface area (Å²) in [6.07, 6.45) is 3.86. The summed E-state index contributed by atoms with van der Waals surface area (Å²) in [5.74, 6) is -0.704. The number of hydrogen-bond acceptors (Lipinski definition) is 5. The predicted octanol–water partition coefficient (Wildman–Crippen LogP) is 2.51. The van der Waals surface area contributed by atoms with Crippen LogP contribution in [0.3, 0.4) is 0 Å². The van der Waals surface area contributed by atoms with Gasteiger partial charge in [0, 0.05) is 26.2 Å². The Kier molecular flexibility index (Phi) is 6.81. The van der Waals surface area contributed by atoms with Crippen LogP contribution in [0, 0.1) is 5.82 Å². The first-order chi connectivity index (χ1) is 13.0. The summed E-state index contributed by atoms with van der Waals surface area (Å²) in [5.41, 5.74) is 0.666. The summed E-state index contributed by atoms with van der Waals surface area (Å²) in [5, 5.41) is 6.22. The van der Waals surface area contributed by atoms with Crippen molar-refractivity contribution in [2.24, 2.45) is 0 Å². The number of amides is 2. The molecule has 0 unspecified atom stereocenters. The van der Waals surface area contributed by atoms with Crippen molar-refractivity contribution in [3.8, 4) is 0 Å². The summed E-state index contributed by atoms with van der Waals surface area (Å²) in [7, 11) is 0. The second-order valence-corrected chi connectivity index (χ2v) is 7.56. The second kappa shape index (κ2) is 9.29. The zero-order chi connectivity index (χ0) is 19.2. The van der Waals surface area contributed by atoms with Gasteiger partial charge in [-0.1, -0.05) is 12.1 Å². The molecule has 144 valence electrons. The lowest BCUT2D eigenvalue weighted by Crippen LogP contribution is -2.43. The van der Waals surface area contributed by atoms with Crippen LogP contribution < -0.4 is 10.6 Å². The molecule has 9 heteroatoms. The summed E-state index contributed by atoms with van der Waals surface area (Å²) < 4.78 is 18.5. The van der Waals surface area contributed by atoms with Crippen LogP contribution in [-0.2, 0) is 9.53 Å². The van der Waals surface area contributed by atoms with Gasteiger partial charge >= 0.3 is 0 Å². The van der Waals surface area contributed by atoms with Crippen molar-refractivity contribution in [2.45, 2.75) is 18.9 Å². The van der Waals surface area contributed by atoms with Crippen molar-refractivity contribution in [3.63, 3.8) is 0 Å². The maximum Gasteiger partial charge on any atom is 0.293 e. The van der Waals surface area contributed by atoms with Gasteiger partial charge < -0.3 is 15.4 Å². The van der Waals surface area contributed by atoms with Gasteiger partial charge in [-0.15, -0.1) is 0 Å². The maximum atomic E-state index is 13.0. The van der Waals surface area contributed by atoms with E-state index in [1.807, 2.05) is 0 Å². The van der Waals surface area contributed by atoms with Crippen LogP contribution in [0.15, 0.2) is 29.2 Å². The summed E-state index contributed by atoms with van der Waals surface area (Å²) in [4.78, 5) is 26.0. The normalized spacial score (nSPS) is 21.1. The largest absolute Gasteiger partial charge is 0.376 e. The van der Waals surface area contributed by atoms with Gasteiger partial charge in [-0.25, -0.2) is 4.39 Å². The van der Waals surface area contributed by atoms with E-state index in [4.69, 9.17) is 17.0 Å². The summed E-state index contributed by atoms with van der Waals surface area (Å²) >= 11 is 6.07. The molecular weight excluding hydrogens is 389 g/mol. The van der Waals surface area contributed by atoms with Gasteiger partial charge in [0.1, 0.15) is 5.82 Å². The van der Waals surface area contributed by atoms with Gasteiger partial charge in [0.25, 0.3) is 11.1 Å². The zero-order valence-electron chi connectivity index (χ0n) is 14.6. The molecule has 1 aromatic rings. The number of imide groups is 1. The Morgan fingerprint density at radius 1 is 1.33 bits per heavy atom. The van der Waals surface area contributed by atoms with E-state index in [0.29, 0.717) is 28.7 Å². The minimum absolute atomic E-state index is 0.182. The number of ether oxygens (including phenoxy) is 1. The van der Waals surface area contributed by atoms with Crippen LogP contribution in [0.1, 0.15) is 18.4 Å². The van der Waals surface area contributed by atoms with E-state index in [1.54, 1.807) is 18.2 Å². The lowest BCUT2D eigenvalue weighted by Gasteiger charge is -2.16. The summed E-state index contributed by atoms with van der Waals surface area (Å²) in [6.45, 7) is 2.01. The fourth-order valence-corrected chi connectivity index (χ4v) is 3.81. The number of thioether (sulfide) groups is 1. The molecule has 0 radical (unpaired) electrons. The van der Waals surface area contributed by atoms with Crippen molar-refractivity contribution >= 4 is 46.3 Å². The Bertz CT molecular complexity index is 749. The molecule has 2 aliphatic heterocycles. The topological polar surface area (TPSA) is 70.7 Å². The third kappa shape index (κ3) is 5.50. The maximum absolute atomic E-state index is 13.0. The molecule has 2 N–H and O–H groups in total. The molecule has 6 nitrogen and oxygen atoms in total. The average molecular weight is 410 g/mol. The molecule has 2 saturated heterocycles. The number of benzene rings is 1. The molecule has 0 aliphatic carbocycles. The number of carbonyl (C=O) groups excluding carboxylic acids is 2. The number of hydrogen-bond donors (Lipinski definition) is 2. The van der Waals surface area contributed by atoms with Gasteiger partial charge in [-0.3, -0.25) is 14.5 Å². The number of halogens is 1. The van der Waals surface area contributed by atoms with Crippen molar-refractivity contribution in [1.82, 2.24) is 15.5 Å². The lowest BCUT2D eigenvalue weighted by atomic mass is 10.2. The number of thiocarbonyl (C=S) groups is 1. The highest BCUT2D eigenvalue weighted by Crippen LogP contribution is 2.31. The molecule has 1 aromatic carbocycles. The van der Waals surface area contributed by atoms with Crippen LogP contribution in [-0.4, -0.2) is 53.5 Å². The predicted molar refractivity (Wildman–Crippen MR) is 107 cm³/mol. The Morgan fingerprint density at radius 3 is 2.81 bits per heavy atom. The van der Waals surface area contributed by atoms with Crippen LogP contribution >= 0.6 is 24.0 Å². The smallest absolute Gasteiger partial charge is 0.293 e. The molecule has 3 rings (SSSR count). The second-order valence-electron chi connectivity index (χ2n) is 6.16. The number of nitrogens with zero attached hydrogens (tertiary/aromatic N) is 1. The third-order valence-corrected chi connectivity index (χ3v) is 5.37. The lowest BCUT2D eigenvalue weighted by molar-refractivity contribution is -0.122. The minimum Gasteiger partial charge on any atom is -0.376 e. The molecule has 0 aromatic heterocycles. The van der Waals surface area contributed by atoms with E-state index >= 15 is 0 Å². The van der Waals surface area contributed by atoms with Crippen molar-refractivity contribution < 1.29 is 18.7 Å². The van der Waals surface area contributed by atoms with Crippen LogP contribution in [0.25, 0.3) is 6.08 Å². The number of nitrogens with one attached hydrogen (secondary N) is 2. The Balaban J connectivity index is 1.45. The first-order valence-corrected chi connectivity index (χ1v) is 9.89. The average Bonchev–Trinajstić information content (AvgIpc) is 3.26. The van der Waals surface area contributed by atoms with Crippen molar-refractivity contribution in [3.05, 3.63) is 40.6 Å². The van der Waals surface area contributed by atoms with Gasteiger partial charge in [-0.05, 0) is 60.6 Å². The molecule has 2 aliphatic rings. The van der Waals surface area contributed by atoms with E-state index in [2.05, 4.69) is 10.6 Å². The van der Waals surface area contributed by atoms with E-state index in [1.165, 1.54) is 17.0 Å². The van der Waals surface area contributed by atoms with Gasteiger partial charge in [0.2, 0.25) is 0 Å². The van der Waals surface area contributed by atoms with Gasteiger partial charge in [0.15, 0.2) is 5.11 Å². The number of rotatable bonds is 6. The molecule has 27 heavy (non-hydrogen) atoms. The van der Waals surface area contributed by atoms with Gasteiger partial charge in [0.05, 0.1) is 11.0 Å². The zero-order valence-corrected chi connectivity index (χ0v) is 16.2. The molecule has 2 heterocycles. The van der Waals surface area contributed by atoms with Gasteiger partial charge in [-0.2, -0.15) is 0 Å². The highest BCUT2D eigenvalue weighted by molar-refractivity contribution is 8.18. The molecule has 1 atom stereocenters. The highest BCUT2D eigenvalue weighted by Gasteiger charge is 2.34. The molecule has 2 fully saturated rings. The van der Waals surface area contributed by atoms with Crippen LogP contribution in [0.2, 0.25) is 0 Å². The minimum atomic E-state index is -0.352. The molecule has 0 saturated carbocycles. The Labute approximate surface area is 166 Å². The molecule has 0 bridgehead atoms. The highest BCUT2D eigenvalue weighted by atomic mass is 32.2. The molecule has 0 spiro atoms. The Hall–Kier alpha value is -1.97.